The molecule has 0 aliphatic carbocycles. The maximum atomic E-state index is 5.46. The van der Waals surface area contributed by atoms with Crippen LogP contribution in [0.1, 0.15) is 42.4 Å². The SMILES string of the molecule is CCCc1ccc(CCCCC[N+]2(C)CCOCC2)s1. The highest BCUT2D eigenvalue weighted by atomic mass is 32.1. The summed E-state index contributed by atoms with van der Waals surface area (Å²) in [6.07, 6.45) is 7.88. The van der Waals surface area contributed by atoms with E-state index in [1.54, 1.807) is 9.75 Å². The molecule has 3 heteroatoms. The van der Waals surface area contributed by atoms with Crippen LogP contribution in [0.2, 0.25) is 0 Å². The Kier molecular flexibility index (Phi) is 6.53. The van der Waals surface area contributed by atoms with E-state index >= 15 is 0 Å². The third-order valence-electron chi connectivity index (χ3n) is 4.39. The van der Waals surface area contributed by atoms with E-state index in [0.29, 0.717) is 0 Å². The second kappa shape index (κ2) is 8.16. The van der Waals surface area contributed by atoms with Crippen molar-refractivity contribution in [2.45, 2.75) is 45.4 Å². The molecule has 0 saturated carbocycles. The molecule has 1 aromatic heterocycles. The van der Waals surface area contributed by atoms with E-state index in [-0.39, 0.29) is 0 Å². The van der Waals surface area contributed by atoms with Gasteiger partial charge in [-0.2, -0.15) is 0 Å². The molecule has 0 radical (unpaired) electrons. The molecule has 2 rings (SSSR count). The zero-order valence-corrected chi connectivity index (χ0v) is 14.0. The van der Waals surface area contributed by atoms with Gasteiger partial charge >= 0.3 is 0 Å². The van der Waals surface area contributed by atoms with Crippen LogP contribution in [0.25, 0.3) is 0 Å². The summed E-state index contributed by atoms with van der Waals surface area (Å²) < 4.78 is 6.68. The van der Waals surface area contributed by atoms with E-state index in [9.17, 15) is 0 Å². The van der Waals surface area contributed by atoms with Crippen LogP contribution in [-0.2, 0) is 17.6 Å². The van der Waals surface area contributed by atoms with Crippen LogP contribution in [0.3, 0.4) is 0 Å². The van der Waals surface area contributed by atoms with Gasteiger partial charge in [0.1, 0.15) is 13.1 Å². The van der Waals surface area contributed by atoms with Crippen molar-refractivity contribution in [3.05, 3.63) is 21.9 Å². The van der Waals surface area contributed by atoms with Gasteiger partial charge in [0.15, 0.2) is 0 Å². The Balaban J connectivity index is 1.58. The number of rotatable bonds is 8. The van der Waals surface area contributed by atoms with Gasteiger partial charge in [-0.25, -0.2) is 0 Å². The molecule has 0 N–H and O–H groups in total. The van der Waals surface area contributed by atoms with Gasteiger partial charge in [0.05, 0.1) is 26.8 Å². The average molecular weight is 296 g/mol. The van der Waals surface area contributed by atoms with Crippen LogP contribution in [0.15, 0.2) is 12.1 Å². The lowest BCUT2D eigenvalue weighted by molar-refractivity contribution is -0.917. The topological polar surface area (TPSA) is 9.23 Å². The number of hydrogen-bond donors (Lipinski definition) is 0. The summed E-state index contributed by atoms with van der Waals surface area (Å²) in [5.41, 5.74) is 0. The minimum atomic E-state index is 0.950. The Morgan fingerprint density at radius 3 is 2.45 bits per heavy atom. The molecule has 1 saturated heterocycles. The minimum Gasteiger partial charge on any atom is -0.370 e. The summed E-state index contributed by atoms with van der Waals surface area (Å²) >= 11 is 2.02. The van der Waals surface area contributed by atoms with Crippen molar-refractivity contribution in [1.29, 1.82) is 0 Å². The maximum Gasteiger partial charge on any atom is 0.102 e. The molecule has 114 valence electrons. The van der Waals surface area contributed by atoms with Crippen molar-refractivity contribution in [2.75, 3.05) is 39.9 Å². The summed E-state index contributed by atoms with van der Waals surface area (Å²) in [5.74, 6) is 0. The Morgan fingerprint density at radius 1 is 1.05 bits per heavy atom. The van der Waals surface area contributed by atoms with Crippen LogP contribution in [0.4, 0.5) is 0 Å². The fraction of sp³-hybridized carbons (Fsp3) is 0.765. The van der Waals surface area contributed by atoms with Gasteiger partial charge < -0.3 is 9.22 Å². The molecule has 0 amide bonds. The number of likely N-dealkylation sites (N-methyl/N-ethyl adjacent to an activating group) is 1. The van der Waals surface area contributed by atoms with Gasteiger partial charge in [-0.15, -0.1) is 11.3 Å². The lowest BCUT2D eigenvalue weighted by Crippen LogP contribution is -2.52. The molecule has 20 heavy (non-hydrogen) atoms. The van der Waals surface area contributed by atoms with Crippen molar-refractivity contribution >= 4 is 11.3 Å². The third kappa shape index (κ3) is 5.19. The van der Waals surface area contributed by atoms with Crippen LogP contribution >= 0.6 is 11.3 Å². The first-order valence-electron chi connectivity index (χ1n) is 8.21. The number of nitrogens with zero attached hydrogens (tertiary/aromatic N) is 1. The number of hydrogen-bond acceptors (Lipinski definition) is 2. The molecule has 1 aromatic rings. The molecule has 1 aliphatic heterocycles. The lowest BCUT2D eigenvalue weighted by Gasteiger charge is -2.37. The molecule has 0 bridgehead atoms. The molecule has 0 atom stereocenters. The maximum absolute atomic E-state index is 5.46. The average Bonchev–Trinajstić information content (AvgIpc) is 2.87. The molecule has 1 aliphatic rings. The van der Waals surface area contributed by atoms with Crippen LogP contribution in [-0.4, -0.2) is 44.4 Å². The van der Waals surface area contributed by atoms with E-state index in [2.05, 4.69) is 26.1 Å². The predicted molar refractivity (Wildman–Crippen MR) is 87.5 cm³/mol. The quantitative estimate of drug-likeness (QED) is 0.522. The first-order valence-corrected chi connectivity index (χ1v) is 9.02. The van der Waals surface area contributed by atoms with E-state index in [1.807, 2.05) is 11.3 Å². The third-order valence-corrected chi connectivity index (χ3v) is 5.59. The van der Waals surface area contributed by atoms with Crippen molar-refractivity contribution in [3.8, 4) is 0 Å². The normalized spacial score (nSPS) is 18.3. The molecular weight excluding hydrogens is 266 g/mol. The summed E-state index contributed by atoms with van der Waals surface area (Å²) in [6.45, 7) is 7.89. The molecule has 2 heterocycles. The summed E-state index contributed by atoms with van der Waals surface area (Å²) in [4.78, 5) is 3.15. The fourth-order valence-corrected chi connectivity index (χ4v) is 4.08. The van der Waals surface area contributed by atoms with E-state index in [1.165, 1.54) is 62.6 Å². The Morgan fingerprint density at radius 2 is 1.75 bits per heavy atom. The Bertz CT molecular complexity index is 382. The van der Waals surface area contributed by atoms with E-state index in [4.69, 9.17) is 4.74 Å². The number of ether oxygens (including phenoxy) is 1. The van der Waals surface area contributed by atoms with E-state index in [0.717, 1.165) is 13.2 Å². The predicted octanol–water partition coefficient (Wildman–Crippen LogP) is 3.89. The summed E-state index contributed by atoms with van der Waals surface area (Å²) in [6, 6.07) is 4.66. The monoisotopic (exact) mass is 296 g/mol. The summed E-state index contributed by atoms with van der Waals surface area (Å²) in [7, 11) is 2.39. The van der Waals surface area contributed by atoms with Crippen LogP contribution < -0.4 is 0 Å². The van der Waals surface area contributed by atoms with Crippen molar-refractivity contribution in [3.63, 3.8) is 0 Å². The molecule has 2 nitrogen and oxygen atoms in total. The number of quaternary nitrogens is 1. The first kappa shape index (κ1) is 16.0. The number of morpholine rings is 1. The molecule has 0 spiro atoms. The highest BCUT2D eigenvalue weighted by molar-refractivity contribution is 7.11. The van der Waals surface area contributed by atoms with E-state index < -0.39 is 0 Å². The zero-order valence-electron chi connectivity index (χ0n) is 13.2. The van der Waals surface area contributed by atoms with Gasteiger partial charge in [0.25, 0.3) is 0 Å². The van der Waals surface area contributed by atoms with Crippen molar-refractivity contribution < 1.29 is 9.22 Å². The highest BCUT2D eigenvalue weighted by Crippen LogP contribution is 2.20. The fourth-order valence-electron chi connectivity index (χ4n) is 2.91. The molecular formula is C17H30NOS+. The molecule has 0 unspecified atom stereocenters. The van der Waals surface area contributed by atoms with Crippen LogP contribution in [0, 0.1) is 0 Å². The zero-order chi connectivity index (χ0) is 14.3. The molecule has 1 fully saturated rings. The van der Waals surface area contributed by atoms with Gasteiger partial charge in [0, 0.05) is 9.75 Å². The Labute approximate surface area is 128 Å². The largest absolute Gasteiger partial charge is 0.370 e. The van der Waals surface area contributed by atoms with Crippen molar-refractivity contribution in [2.24, 2.45) is 0 Å². The summed E-state index contributed by atoms with van der Waals surface area (Å²) in [5, 5.41) is 0. The second-order valence-electron chi connectivity index (χ2n) is 6.33. The number of unbranched alkanes of at least 4 members (excludes halogenated alkanes) is 2. The number of thiophene rings is 1. The van der Waals surface area contributed by atoms with Crippen LogP contribution in [0.5, 0.6) is 0 Å². The highest BCUT2D eigenvalue weighted by Gasteiger charge is 2.24. The lowest BCUT2D eigenvalue weighted by atomic mass is 10.1. The number of aryl methyl sites for hydroxylation is 2. The van der Waals surface area contributed by atoms with Gasteiger partial charge in [-0.05, 0) is 44.2 Å². The Hall–Kier alpha value is -0.380. The smallest absolute Gasteiger partial charge is 0.102 e. The second-order valence-corrected chi connectivity index (χ2v) is 7.58. The van der Waals surface area contributed by atoms with Gasteiger partial charge in [0.2, 0.25) is 0 Å². The van der Waals surface area contributed by atoms with Gasteiger partial charge in [-0.1, -0.05) is 13.3 Å². The van der Waals surface area contributed by atoms with Gasteiger partial charge in [-0.3, -0.25) is 0 Å². The first-order chi connectivity index (χ1) is 9.72. The molecule has 0 aromatic carbocycles. The standard InChI is InChI=1S/C17H30NOS/c1-3-7-16-9-10-17(20-16)8-5-4-6-11-18(2)12-14-19-15-13-18/h9-10H,3-8,11-15H2,1-2H3/q+1. The minimum absolute atomic E-state index is 0.950. The van der Waals surface area contributed by atoms with Crippen molar-refractivity contribution in [1.82, 2.24) is 0 Å².